The van der Waals surface area contributed by atoms with Gasteiger partial charge in [0.1, 0.15) is 0 Å². The number of carbonyl (C=O) groups is 3. The second-order valence-corrected chi connectivity index (χ2v) is 4.17. The number of methoxy groups -OCH3 is 1. The van der Waals surface area contributed by atoms with E-state index in [0.717, 1.165) is 0 Å². The van der Waals surface area contributed by atoms with Crippen LogP contribution in [0.25, 0.3) is 0 Å². The average molecular weight is 264 g/mol. The minimum atomic E-state index is -1.01. The van der Waals surface area contributed by atoms with E-state index < -0.39 is 17.9 Å². The van der Waals surface area contributed by atoms with E-state index in [4.69, 9.17) is 5.11 Å². The lowest BCUT2D eigenvalue weighted by Crippen LogP contribution is -2.26. The van der Waals surface area contributed by atoms with Crippen molar-refractivity contribution >= 4 is 23.5 Å². The summed E-state index contributed by atoms with van der Waals surface area (Å²) in [6.45, 7) is 0.0838. The quantitative estimate of drug-likeness (QED) is 0.789. The average Bonchev–Trinajstić information content (AvgIpc) is 2.80. The summed E-state index contributed by atoms with van der Waals surface area (Å²) in [5.41, 5.74) is 0.614. The Hall–Kier alpha value is -2.44. The van der Waals surface area contributed by atoms with E-state index >= 15 is 0 Å². The molecule has 0 saturated carbocycles. The minimum absolute atomic E-state index is 0.0439. The molecule has 0 spiro atoms. The zero-order valence-electron chi connectivity index (χ0n) is 10.2. The predicted octanol–water partition coefficient (Wildman–Crippen LogP) is 0.306. The van der Waals surface area contributed by atoms with Gasteiger partial charge in [0.2, 0.25) is 5.91 Å². The molecule has 1 aromatic rings. The Morgan fingerprint density at radius 3 is 2.79 bits per heavy atom. The van der Waals surface area contributed by atoms with Crippen molar-refractivity contribution < 1.29 is 24.2 Å². The molecule has 1 saturated heterocycles. The van der Waals surface area contributed by atoms with Crippen molar-refractivity contribution in [2.75, 3.05) is 18.6 Å². The highest BCUT2D eigenvalue weighted by molar-refractivity contribution is 6.00. The van der Waals surface area contributed by atoms with Crippen LogP contribution in [-0.4, -0.2) is 41.6 Å². The number of amides is 1. The first-order valence-corrected chi connectivity index (χ1v) is 5.59. The maximum Gasteiger partial charge on any atom is 0.339 e. The highest BCUT2D eigenvalue weighted by Crippen LogP contribution is 2.25. The van der Waals surface area contributed by atoms with Crippen LogP contribution in [0, 0.1) is 5.92 Å². The molecule has 0 aromatic carbocycles. The van der Waals surface area contributed by atoms with E-state index in [1.54, 1.807) is 0 Å². The van der Waals surface area contributed by atoms with Crippen LogP contribution >= 0.6 is 0 Å². The van der Waals surface area contributed by atoms with Crippen LogP contribution in [0.5, 0.6) is 0 Å². The van der Waals surface area contributed by atoms with Crippen LogP contribution in [0.4, 0.5) is 5.69 Å². The lowest BCUT2D eigenvalue weighted by molar-refractivity contribution is -0.141. The van der Waals surface area contributed by atoms with Gasteiger partial charge in [-0.1, -0.05) is 0 Å². The summed E-state index contributed by atoms with van der Waals surface area (Å²) in [4.78, 5) is 39.2. The molecule has 1 atom stereocenters. The number of anilines is 1. The molecule has 0 aliphatic carbocycles. The highest BCUT2D eigenvalue weighted by Gasteiger charge is 2.35. The molecule has 2 heterocycles. The Bertz CT molecular complexity index is 543. The minimum Gasteiger partial charge on any atom is -0.481 e. The fraction of sp³-hybridized carbons (Fsp3) is 0.333. The van der Waals surface area contributed by atoms with E-state index in [1.165, 1.54) is 30.5 Å². The van der Waals surface area contributed by atoms with Crippen LogP contribution in [0.2, 0.25) is 0 Å². The highest BCUT2D eigenvalue weighted by atomic mass is 16.5. The molecule has 100 valence electrons. The van der Waals surface area contributed by atoms with Gasteiger partial charge in [0.15, 0.2) is 0 Å². The van der Waals surface area contributed by atoms with Gasteiger partial charge < -0.3 is 14.7 Å². The first kappa shape index (κ1) is 13.0. The lowest BCUT2D eigenvalue weighted by atomic mass is 10.1. The Morgan fingerprint density at radius 1 is 1.47 bits per heavy atom. The molecule has 1 amide bonds. The van der Waals surface area contributed by atoms with Crippen LogP contribution in [-0.2, 0) is 14.3 Å². The molecule has 19 heavy (non-hydrogen) atoms. The smallest absolute Gasteiger partial charge is 0.339 e. The van der Waals surface area contributed by atoms with Gasteiger partial charge in [-0.3, -0.25) is 14.6 Å². The van der Waals surface area contributed by atoms with Crippen molar-refractivity contribution in [1.82, 2.24) is 4.98 Å². The number of carbonyl (C=O) groups excluding carboxylic acids is 2. The van der Waals surface area contributed by atoms with E-state index in [2.05, 4.69) is 9.72 Å². The third-order valence-corrected chi connectivity index (χ3v) is 2.93. The summed E-state index contributed by atoms with van der Waals surface area (Å²) in [6.07, 6.45) is 2.69. The molecule has 1 aliphatic heterocycles. The number of nitrogens with zero attached hydrogens (tertiary/aromatic N) is 2. The summed E-state index contributed by atoms with van der Waals surface area (Å²) in [5.74, 6) is -2.59. The van der Waals surface area contributed by atoms with E-state index in [1.807, 2.05) is 0 Å². The van der Waals surface area contributed by atoms with Crippen LogP contribution in [0.1, 0.15) is 16.8 Å². The maximum absolute atomic E-state index is 11.8. The number of aromatic nitrogens is 1. The Balaban J connectivity index is 2.25. The van der Waals surface area contributed by atoms with Crippen molar-refractivity contribution in [2.45, 2.75) is 6.42 Å². The van der Waals surface area contributed by atoms with Crippen molar-refractivity contribution in [2.24, 2.45) is 5.92 Å². The molecule has 7 nitrogen and oxygen atoms in total. The third kappa shape index (κ3) is 2.54. The third-order valence-electron chi connectivity index (χ3n) is 2.93. The summed E-state index contributed by atoms with van der Waals surface area (Å²) in [6, 6.07) is 1.46. The number of hydrogen-bond donors (Lipinski definition) is 1. The largest absolute Gasteiger partial charge is 0.481 e. The topological polar surface area (TPSA) is 96.8 Å². The molecule has 1 unspecified atom stereocenters. The summed E-state index contributed by atoms with van der Waals surface area (Å²) in [5, 5.41) is 8.91. The molecule has 0 bridgehead atoms. The molecular weight excluding hydrogens is 252 g/mol. The van der Waals surface area contributed by atoms with Crippen LogP contribution in [0.3, 0.4) is 0 Å². The number of aliphatic carboxylic acids is 1. The van der Waals surface area contributed by atoms with Crippen molar-refractivity contribution in [3.05, 3.63) is 24.0 Å². The molecule has 7 heteroatoms. The number of hydrogen-bond acceptors (Lipinski definition) is 5. The van der Waals surface area contributed by atoms with Gasteiger partial charge >= 0.3 is 11.9 Å². The summed E-state index contributed by atoms with van der Waals surface area (Å²) < 4.78 is 4.56. The predicted molar refractivity (Wildman–Crippen MR) is 63.7 cm³/mol. The Kier molecular flexibility index (Phi) is 3.46. The van der Waals surface area contributed by atoms with Gasteiger partial charge in [-0.25, -0.2) is 4.79 Å². The zero-order valence-corrected chi connectivity index (χ0v) is 10.2. The number of carboxylic acid groups (broad SMARTS) is 1. The Labute approximate surface area is 108 Å². The molecule has 1 aromatic heterocycles. The van der Waals surface area contributed by atoms with Gasteiger partial charge in [-0.15, -0.1) is 0 Å². The molecule has 1 aliphatic rings. The summed E-state index contributed by atoms with van der Waals surface area (Å²) in [7, 11) is 1.25. The van der Waals surface area contributed by atoms with E-state index in [0.29, 0.717) is 5.69 Å². The molecule has 1 fully saturated rings. The number of ether oxygens (including phenoxy) is 1. The molecule has 1 N–H and O–H groups in total. The second-order valence-electron chi connectivity index (χ2n) is 4.17. The molecule has 2 rings (SSSR count). The van der Waals surface area contributed by atoms with E-state index in [9.17, 15) is 14.4 Å². The monoisotopic (exact) mass is 264 g/mol. The number of rotatable bonds is 3. The normalized spacial score (nSPS) is 18.5. The van der Waals surface area contributed by atoms with Crippen LogP contribution in [0.15, 0.2) is 18.5 Å². The van der Waals surface area contributed by atoms with Gasteiger partial charge in [0.05, 0.1) is 30.5 Å². The van der Waals surface area contributed by atoms with Crippen molar-refractivity contribution in [1.29, 1.82) is 0 Å². The lowest BCUT2D eigenvalue weighted by Gasteiger charge is -2.16. The number of pyridine rings is 1. The maximum atomic E-state index is 11.8. The number of esters is 1. The zero-order chi connectivity index (χ0) is 14.0. The fourth-order valence-electron chi connectivity index (χ4n) is 1.93. The van der Waals surface area contributed by atoms with Crippen LogP contribution < -0.4 is 4.90 Å². The van der Waals surface area contributed by atoms with Gasteiger partial charge in [-0.2, -0.15) is 0 Å². The number of carboxylic acids is 1. The standard InChI is InChI=1S/C12H12N2O5/c1-19-12(18)7-2-9(5-13-4-7)14-6-8(11(16)17)3-10(14)15/h2,4-5,8H,3,6H2,1H3,(H,16,17). The Morgan fingerprint density at radius 2 is 2.21 bits per heavy atom. The molecular formula is C12H12N2O5. The summed E-state index contributed by atoms with van der Waals surface area (Å²) >= 11 is 0. The SMILES string of the molecule is COC(=O)c1cncc(N2CC(C(=O)O)CC2=O)c1. The molecule has 0 radical (unpaired) electrons. The van der Waals surface area contributed by atoms with Crippen molar-refractivity contribution in [3.8, 4) is 0 Å². The van der Waals surface area contributed by atoms with Gasteiger partial charge in [-0.05, 0) is 6.07 Å². The van der Waals surface area contributed by atoms with E-state index in [-0.39, 0.29) is 24.4 Å². The van der Waals surface area contributed by atoms with Crippen molar-refractivity contribution in [3.63, 3.8) is 0 Å². The second kappa shape index (κ2) is 5.05. The first-order chi connectivity index (χ1) is 9.02. The first-order valence-electron chi connectivity index (χ1n) is 5.59. The fourth-order valence-corrected chi connectivity index (χ4v) is 1.93. The van der Waals surface area contributed by atoms with Gasteiger partial charge in [0.25, 0.3) is 0 Å². The van der Waals surface area contributed by atoms with Gasteiger partial charge in [0, 0.05) is 19.2 Å².